The minimum Gasteiger partial charge on any atom is -0.444 e. The molecule has 3 nitrogen and oxygen atoms in total. The van der Waals surface area contributed by atoms with Crippen molar-refractivity contribution < 1.29 is 9.53 Å². The van der Waals surface area contributed by atoms with Gasteiger partial charge in [-0.25, -0.2) is 4.79 Å². The Kier molecular flexibility index (Phi) is 5.06. The second kappa shape index (κ2) is 6.32. The molecule has 1 amide bonds. The normalized spacial score (nSPS) is 10.2. The third-order valence-corrected chi connectivity index (χ3v) is 2.05. The van der Waals surface area contributed by atoms with Crippen LogP contribution in [0.5, 0.6) is 0 Å². The third kappa shape index (κ3) is 6.17. The number of alkyl carbamates (subject to hydrolysis) is 1. The van der Waals surface area contributed by atoms with E-state index in [9.17, 15) is 4.79 Å². The zero-order valence-electron chi connectivity index (χ0n) is 10.7. The molecule has 0 unspecified atom stereocenters. The summed E-state index contributed by atoms with van der Waals surface area (Å²) in [6.45, 7) is 5.68. The zero-order valence-corrected chi connectivity index (χ0v) is 11.5. The molecule has 0 saturated heterocycles. The van der Waals surface area contributed by atoms with Gasteiger partial charge in [0.2, 0.25) is 0 Å². The van der Waals surface area contributed by atoms with E-state index in [-0.39, 0.29) is 6.54 Å². The van der Waals surface area contributed by atoms with E-state index >= 15 is 0 Å². The van der Waals surface area contributed by atoms with Crippen molar-refractivity contribution in [3.05, 3.63) is 34.9 Å². The molecule has 0 aromatic heterocycles. The number of carbonyl (C=O) groups is 1. The molecule has 1 aromatic carbocycles. The summed E-state index contributed by atoms with van der Waals surface area (Å²) in [7, 11) is 0. The Hall–Kier alpha value is -1.66. The van der Waals surface area contributed by atoms with Gasteiger partial charge in [0.25, 0.3) is 0 Å². The molecule has 1 N–H and O–H groups in total. The molecule has 0 aliphatic carbocycles. The highest BCUT2D eigenvalue weighted by atomic mass is 35.5. The topological polar surface area (TPSA) is 38.3 Å². The lowest BCUT2D eigenvalue weighted by Crippen LogP contribution is -2.32. The molecule has 0 aliphatic rings. The van der Waals surface area contributed by atoms with Gasteiger partial charge < -0.3 is 10.1 Å². The lowest BCUT2D eigenvalue weighted by atomic mass is 10.2. The van der Waals surface area contributed by atoms with Gasteiger partial charge in [-0.3, -0.25) is 0 Å². The van der Waals surface area contributed by atoms with Crippen molar-refractivity contribution in [3.8, 4) is 11.8 Å². The molecule has 96 valence electrons. The van der Waals surface area contributed by atoms with Crippen LogP contribution in [0.4, 0.5) is 4.79 Å². The van der Waals surface area contributed by atoms with E-state index in [1.54, 1.807) is 12.1 Å². The number of halogens is 1. The minimum atomic E-state index is -0.492. The Balaban J connectivity index is 2.38. The molecular formula is C14H16ClNO2. The fourth-order valence-electron chi connectivity index (χ4n) is 1.11. The van der Waals surface area contributed by atoms with Crippen LogP contribution in [-0.2, 0) is 4.74 Å². The molecule has 0 fully saturated rings. The number of hydrogen-bond acceptors (Lipinski definition) is 2. The summed E-state index contributed by atoms with van der Waals surface area (Å²) in [5.41, 5.74) is 0.360. The molecule has 0 bridgehead atoms. The number of rotatable bonds is 1. The quantitative estimate of drug-likeness (QED) is 0.792. The molecular weight excluding hydrogens is 250 g/mol. The molecule has 0 atom stereocenters. The van der Waals surface area contributed by atoms with E-state index < -0.39 is 11.7 Å². The monoisotopic (exact) mass is 265 g/mol. The summed E-state index contributed by atoms with van der Waals surface area (Å²) in [5, 5.41) is 3.23. The van der Waals surface area contributed by atoms with Crippen molar-refractivity contribution in [1.82, 2.24) is 5.32 Å². The second-order valence-electron chi connectivity index (χ2n) is 4.66. The maximum Gasteiger partial charge on any atom is 0.408 e. The number of ether oxygens (including phenoxy) is 1. The Bertz CT molecular complexity index is 463. The van der Waals surface area contributed by atoms with Gasteiger partial charge in [-0.2, -0.15) is 0 Å². The SMILES string of the molecule is CC(C)(C)OC(=O)NCC#Cc1ccc(Cl)cc1. The van der Waals surface area contributed by atoms with Gasteiger partial charge >= 0.3 is 6.09 Å². The van der Waals surface area contributed by atoms with Gasteiger partial charge in [0.05, 0.1) is 6.54 Å². The van der Waals surface area contributed by atoms with Gasteiger partial charge in [-0.15, -0.1) is 0 Å². The predicted molar refractivity (Wildman–Crippen MR) is 72.6 cm³/mol. The third-order valence-electron chi connectivity index (χ3n) is 1.80. The average Bonchev–Trinajstić information content (AvgIpc) is 2.24. The maximum atomic E-state index is 11.3. The van der Waals surface area contributed by atoms with Crippen LogP contribution in [0, 0.1) is 11.8 Å². The Morgan fingerprint density at radius 2 is 1.94 bits per heavy atom. The van der Waals surface area contributed by atoms with E-state index in [2.05, 4.69) is 17.2 Å². The van der Waals surface area contributed by atoms with Crippen LogP contribution in [0.15, 0.2) is 24.3 Å². The highest BCUT2D eigenvalue weighted by Gasteiger charge is 2.14. The summed E-state index contributed by atoms with van der Waals surface area (Å²) < 4.78 is 5.07. The molecule has 0 radical (unpaired) electrons. The number of carbonyl (C=O) groups excluding carboxylic acids is 1. The van der Waals surface area contributed by atoms with Crippen molar-refractivity contribution in [1.29, 1.82) is 0 Å². The van der Waals surface area contributed by atoms with Crippen LogP contribution in [0.3, 0.4) is 0 Å². The van der Waals surface area contributed by atoms with Crippen molar-refractivity contribution in [2.24, 2.45) is 0 Å². The van der Waals surface area contributed by atoms with E-state index in [1.165, 1.54) is 0 Å². The van der Waals surface area contributed by atoms with Crippen LogP contribution in [0.2, 0.25) is 5.02 Å². The first-order valence-corrected chi connectivity index (χ1v) is 5.96. The lowest BCUT2D eigenvalue weighted by molar-refractivity contribution is 0.0535. The fraction of sp³-hybridized carbons (Fsp3) is 0.357. The van der Waals surface area contributed by atoms with Gasteiger partial charge in [-0.1, -0.05) is 23.4 Å². The number of nitrogens with one attached hydrogen (secondary N) is 1. The first-order valence-electron chi connectivity index (χ1n) is 5.58. The summed E-state index contributed by atoms with van der Waals surface area (Å²) in [5.74, 6) is 5.74. The largest absolute Gasteiger partial charge is 0.444 e. The molecule has 0 heterocycles. The van der Waals surface area contributed by atoms with Gasteiger partial charge in [0.1, 0.15) is 5.60 Å². The molecule has 18 heavy (non-hydrogen) atoms. The smallest absolute Gasteiger partial charge is 0.408 e. The Morgan fingerprint density at radius 3 is 2.50 bits per heavy atom. The molecule has 0 aliphatic heterocycles. The van der Waals surface area contributed by atoms with Crippen LogP contribution in [0.25, 0.3) is 0 Å². The van der Waals surface area contributed by atoms with Crippen molar-refractivity contribution in [2.75, 3.05) is 6.54 Å². The average molecular weight is 266 g/mol. The van der Waals surface area contributed by atoms with E-state index in [0.29, 0.717) is 5.02 Å². The van der Waals surface area contributed by atoms with E-state index in [1.807, 2.05) is 32.9 Å². The fourth-order valence-corrected chi connectivity index (χ4v) is 1.24. The zero-order chi connectivity index (χ0) is 13.6. The standard InChI is InChI=1S/C14H16ClNO2/c1-14(2,3)18-13(17)16-10-4-5-11-6-8-12(15)9-7-11/h6-9H,10H2,1-3H3,(H,16,17). The highest BCUT2D eigenvalue weighted by Crippen LogP contribution is 2.08. The Morgan fingerprint density at radius 1 is 1.33 bits per heavy atom. The molecule has 0 saturated carbocycles. The number of amides is 1. The summed E-state index contributed by atoms with van der Waals surface area (Å²) in [6.07, 6.45) is -0.465. The van der Waals surface area contributed by atoms with Gasteiger partial charge in [-0.05, 0) is 45.0 Å². The highest BCUT2D eigenvalue weighted by molar-refractivity contribution is 6.30. The van der Waals surface area contributed by atoms with Gasteiger partial charge in [0.15, 0.2) is 0 Å². The predicted octanol–water partition coefficient (Wildman–Crippen LogP) is 3.22. The first-order chi connectivity index (χ1) is 8.37. The second-order valence-corrected chi connectivity index (χ2v) is 5.10. The lowest BCUT2D eigenvalue weighted by Gasteiger charge is -2.18. The number of hydrogen-bond donors (Lipinski definition) is 1. The molecule has 0 spiro atoms. The molecule has 4 heteroatoms. The van der Waals surface area contributed by atoms with Crippen LogP contribution >= 0.6 is 11.6 Å². The summed E-state index contributed by atoms with van der Waals surface area (Å²) in [4.78, 5) is 11.3. The van der Waals surface area contributed by atoms with Crippen molar-refractivity contribution in [3.63, 3.8) is 0 Å². The van der Waals surface area contributed by atoms with Crippen LogP contribution in [-0.4, -0.2) is 18.2 Å². The number of benzene rings is 1. The van der Waals surface area contributed by atoms with Crippen LogP contribution < -0.4 is 5.32 Å². The Labute approximate surface area is 112 Å². The maximum absolute atomic E-state index is 11.3. The van der Waals surface area contributed by atoms with E-state index in [4.69, 9.17) is 16.3 Å². The van der Waals surface area contributed by atoms with E-state index in [0.717, 1.165) is 5.56 Å². The summed E-state index contributed by atoms with van der Waals surface area (Å²) >= 11 is 5.75. The molecule has 1 rings (SSSR count). The molecule has 1 aromatic rings. The van der Waals surface area contributed by atoms with Crippen molar-refractivity contribution in [2.45, 2.75) is 26.4 Å². The van der Waals surface area contributed by atoms with Crippen molar-refractivity contribution >= 4 is 17.7 Å². The van der Waals surface area contributed by atoms with Gasteiger partial charge in [0, 0.05) is 10.6 Å². The summed E-state index contributed by atoms with van der Waals surface area (Å²) in [6, 6.07) is 7.19. The van der Waals surface area contributed by atoms with Crippen LogP contribution in [0.1, 0.15) is 26.3 Å². The minimum absolute atomic E-state index is 0.248. The first kappa shape index (κ1) is 14.4.